The quantitative estimate of drug-likeness (QED) is 0.497. The molecular formula is C22H33NO4SSi. The van der Waals surface area contributed by atoms with E-state index in [4.69, 9.17) is 4.74 Å². The summed E-state index contributed by atoms with van der Waals surface area (Å²) in [7, 11) is -5.23. The molecule has 0 N–H and O–H groups in total. The Morgan fingerprint density at radius 2 is 1.90 bits per heavy atom. The van der Waals surface area contributed by atoms with Gasteiger partial charge in [-0.15, -0.1) is 0 Å². The summed E-state index contributed by atoms with van der Waals surface area (Å²) in [5.74, 6) is -0.445. The monoisotopic (exact) mass is 435 g/mol. The highest BCUT2D eigenvalue weighted by Gasteiger charge is 2.69. The molecule has 7 heteroatoms. The van der Waals surface area contributed by atoms with E-state index in [0.717, 1.165) is 12.0 Å². The number of esters is 1. The van der Waals surface area contributed by atoms with Crippen molar-refractivity contribution in [2.24, 2.45) is 10.8 Å². The molecule has 0 amide bonds. The Morgan fingerprint density at radius 3 is 2.45 bits per heavy atom. The zero-order valence-corrected chi connectivity index (χ0v) is 20.2. The summed E-state index contributed by atoms with van der Waals surface area (Å²) < 4.78 is 33.7. The first-order valence-corrected chi connectivity index (χ1v) is 15.3. The largest absolute Gasteiger partial charge is 0.465 e. The molecule has 1 aromatic carbocycles. The summed E-state index contributed by atoms with van der Waals surface area (Å²) in [5, 5.41) is 0. The van der Waals surface area contributed by atoms with Gasteiger partial charge in [0.15, 0.2) is 0 Å². The minimum absolute atomic E-state index is 0.0696. The van der Waals surface area contributed by atoms with Gasteiger partial charge in [-0.2, -0.15) is 4.31 Å². The second kappa shape index (κ2) is 7.36. The molecule has 1 aliphatic carbocycles. The average molecular weight is 436 g/mol. The maximum absolute atomic E-state index is 13.5. The molecule has 2 fully saturated rings. The molecule has 1 saturated heterocycles. The zero-order valence-electron chi connectivity index (χ0n) is 18.4. The summed E-state index contributed by atoms with van der Waals surface area (Å²) >= 11 is 0. The molecule has 3 rings (SSSR count). The topological polar surface area (TPSA) is 63.7 Å². The predicted molar refractivity (Wildman–Crippen MR) is 118 cm³/mol. The smallest absolute Gasteiger partial charge is 0.324 e. The van der Waals surface area contributed by atoms with E-state index in [1.165, 1.54) is 4.31 Å². The number of rotatable bonds is 6. The molecule has 1 saturated carbocycles. The number of hydrogen-bond acceptors (Lipinski definition) is 4. The van der Waals surface area contributed by atoms with Gasteiger partial charge >= 0.3 is 5.97 Å². The SMILES string of the molecule is CCOC(=O)[C@@H]1C[C@]2(C)C[C@]2(/C=C\[Si](C)(C)C)CN1S(=O)(=O)c1ccc(C)cc1. The number of carbonyl (C=O) groups excluding carboxylic acids is 1. The first kappa shape index (κ1) is 22.2. The van der Waals surface area contributed by atoms with Gasteiger partial charge in [-0.05, 0) is 44.2 Å². The van der Waals surface area contributed by atoms with E-state index in [0.29, 0.717) is 13.0 Å². The zero-order chi connectivity index (χ0) is 21.7. The number of benzene rings is 1. The Kier molecular flexibility index (Phi) is 5.64. The Bertz CT molecular complexity index is 919. The van der Waals surface area contributed by atoms with Crippen LogP contribution in [0.4, 0.5) is 0 Å². The van der Waals surface area contributed by atoms with Crippen LogP contribution in [0.25, 0.3) is 0 Å². The lowest BCUT2D eigenvalue weighted by molar-refractivity contribution is -0.149. The number of piperidine rings is 1. The third-order valence-corrected chi connectivity index (χ3v) is 9.34. The van der Waals surface area contributed by atoms with E-state index in [9.17, 15) is 13.2 Å². The lowest BCUT2D eigenvalue weighted by atomic mass is 9.84. The summed E-state index contributed by atoms with van der Waals surface area (Å²) in [4.78, 5) is 13.0. The minimum atomic E-state index is -3.81. The van der Waals surface area contributed by atoms with Gasteiger partial charge in [0.1, 0.15) is 6.04 Å². The van der Waals surface area contributed by atoms with Crippen LogP contribution in [0.1, 0.15) is 32.3 Å². The van der Waals surface area contributed by atoms with Crippen LogP contribution in [0.2, 0.25) is 19.6 Å². The van der Waals surface area contributed by atoms with Crippen LogP contribution in [-0.4, -0.2) is 46.0 Å². The van der Waals surface area contributed by atoms with Crippen molar-refractivity contribution in [1.29, 1.82) is 0 Å². The highest BCUT2D eigenvalue weighted by molar-refractivity contribution is 7.89. The Balaban J connectivity index is 2.01. The number of fused-ring (bicyclic) bond motifs is 1. The molecule has 5 nitrogen and oxygen atoms in total. The normalized spacial score (nSPS) is 30.2. The van der Waals surface area contributed by atoms with E-state index >= 15 is 0 Å². The highest BCUT2D eigenvalue weighted by Crippen LogP contribution is 2.70. The van der Waals surface area contributed by atoms with Crippen molar-refractivity contribution in [1.82, 2.24) is 4.31 Å². The predicted octanol–water partition coefficient (Wildman–Crippen LogP) is 4.15. The van der Waals surface area contributed by atoms with Crippen LogP contribution >= 0.6 is 0 Å². The molecule has 0 radical (unpaired) electrons. The van der Waals surface area contributed by atoms with Crippen LogP contribution in [0, 0.1) is 17.8 Å². The second-order valence-corrected chi connectivity index (χ2v) is 16.9. The third-order valence-electron chi connectivity index (χ3n) is 6.30. The van der Waals surface area contributed by atoms with Gasteiger partial charge in [-0.1, -0.05) is 56.0 Å². The van der Waals surface area contributed by atoms with Gasteiger partial charge in [0.2, 0.25) is 10.0 Å². The van der Waals surface area contributed by atoms with Crippen LogP contribution in [-0.2, 0) is 19.6 Å². The molecule has 0 unspecified atom stereocenters. The van der Waals surface area contributed by atoms with E-state index < -0.39 is 30.1 Å². The maximum Gasteiger partial charge on any atom is 0.324 e. The average Bonchev–Trinajstić information content (AvgIpc) is 3.24. The Labute approximate surface area is 176 Å². The van der Waals surface area contributed by atoms with Crippen molar-refractivity contribution in [3.8, 4) is 0 Å². The highest BCUT2D eigenvalue weighted by atomic mass is 32.2. The fourth-order valence-corrected chi connectivity index (χ4v) is 6.82. The van der Waals surface area contributed by atoms with Gasteiger partial charge in [0.05, 0.1) is 19.6 Å². The van der Waals surface area contributed by atoms with Gasteiger partial charge in [-0.3, -0.25) is 4.79 Å². The van der Waals surface area contributed by atoms with Gasteiger partial charge in [0, 0.05) is 12.0 Å². The summed E-state index contributed by atoms with van der Waals surface area (Å²) in [6.45, 7) is 13.2. The van der Waals surface area contributed by atoms with E-state index in [1.54, 1.807) is 31.2 Å². The fourth-order valence-electron chi connectivity index (χ4n) is 4.35. The molecule has 3 atom stereocenters. The summed E-state index contributed by atoms with van der Waals surface area (Å²) in [6.07, 6.45) is 3.64. The first-order chi connectivity index (χ1) is 13.3. The Morgan fingerprint density at radius 1 is 1.28 bits per heavy atom. The van der Waals surface area contributed by atoms with Crippen molar-refractivity contribution >= 4 is 24.1 Å². The van der Waals surface area contributed by atoms with Crippen LogP contribution in [0.5, 0.6) is 0 Å². The van der Waals surface area contributed by atoms with Crippen molar-refractivity contribution in [3.63, 3.8) is 0 Å². The fraction of sp³-hybridized carbons (Fsp3) is 0.591. The van der Waals surface area contributed by atoms with E-state index in [1.807, 2.05) is 6.92 Å². The first-order valence-electron chi connectivity index (χ1n) is 10.3. The molecule has 1 heterocycles. The molecule has 2 aliphatic rings. The number of ether oxygens (including phenoxy) is 1. The van der Waals surface area contributed by atoms with Crippen LogP contribution < -0.4 is 0 Å². The van der Waals surface area contributed by atoms with Gasteiger partial charge < -0.3 is 4.74 Å². The van der Waals surface area contributed by atoms with E-state index in [-0.39, 0.29) is 22.3 Å². The summed E-state index contributed by atoms with van der Waals surface area (Å²) in [5.41, 5.74) is 3.03. The number of sulfonamides is 1. The Hall–Kier alpha value is -1.44. The number of hydrogen-bond donors (Lipinski definition) is 0. The van der Waals surface area contributed by atoms with Gasteiger partial charge in [0.25, 0.3) is 0 Å². The minimum Gasteiger partial charge on any atom is -0.465 e. The van der Waals surface area contributed by atoms with Crippen molar-refractivity contribution in [2.75, 3.05) is 13.2 Å². The van der Waals surface area contributed by atoms with Crippen molar-refractivity contribution in [2.45, 2.75) is 64.2 Å². The molecule has 160 valence electrons. The lowest BCUT2D eigenvalue weighted by Gasteiger charge is -2.39. The van der Waals surface area contributed by atoms with Crippen molar-refractivity contribution < 1.29 is 17.9 Å². The van der Waals surface area contributed by atoms with Crippen LogP contribution in [0.15, 0.2) is 40.9 Å². The summed E-state index contributed by atoms with van der Waals surface area (Å²) in [6, 6.07) is 6.05. The number of carbonyl (C=O) groups is 1. The van der Waals surface area contributed by atoms with E-state index in [2.05, 4.69) is 38.3 Å². The standard InChI is InChI=1S/C22H33NO4SSi/c1-7-27-20(24)19-14-21(3)15-22(21,12-13-29(4,5)6)16-23(19)28(25,26)18-10-8-17(2)9-11-18/h8-13,19H,7,14-16H2,1-6H3/b13-12-/t19-,21+,22+/m0/s1. The molecule has 1 aliphatic heterocycles. The maximum atomic E-state index is 13.5. The number of aryl methyl sites for hydroxylation is 1. The third kappa shape index (κ3) is 4.23. The molecule has 1 aromatic rings. The molecule has 0 spiro atoms. The molecule has 29 heavy (non-hydrogen) atoms. The number of nitrogens with zero attached hydrogens (tertiary/aromatic N) is 1. The van der Waals surface area contributed by atoms with Crippen LogP contribution in [0.3, 0.4) is 0 Å². The van der Waals surface area contributed by atoms with Gasteiger partial charge in [-0.25, -0.2) is 8.42 Å². The lowest BCUT2D eigenvalue weighted by Crippen LogP contribution is -2.53. The molecular weight excluding hydrogens is 402 g/mol. The second-order valence-electron chi connectivity index (χ2n) is 9.93. The van der Waals surface area contributed by atoms with Crippen molar-refractivity contribution in [3.05, 3.63) is 41.6 Å². The molecule has 0 aromatic heterocycles. The molecule has 0 bridgehead atoms.